The van der Waals surface area contributed by atoms with Gasteiger partial charge in [0.2, 0.25) is 0 Å². The average molecular weight is 114 g/mol. The van der Waals surface area contributed by atoms with Crippen molar-refractivity contribution in [3.05, 3.63) is 0 Å². The van der Waals surface area contributed by atoms with E-state index in [1.807, 2.05) is 0 Å². The molecule has 0 heterocycles. The van der Waals surface area contributed by atoms with Crippen LogP contribution in [0.2, 0.25) is 0 Å². The van der Waals surface area contributed by atoms with Crippen LogP contribution in [0.4, 0.5) is 0 Å². The molecule has 0 aromatic carbocycles. The molecule has 0 aliphatic rings. The molecule has 0 aromatic heterocycles. The highest BCUT2D eigenvalue weighted by Gasteiger charge is 1.91. The van der Waals surface area contributed by atoms with Crippen molar-refractivity contribution >= 4 is 11.4 Å². The Morgan fingerprint density at radius 3 is 1.38 bits per heavy atom. The van der Waals surface area contributed by atoms with Gasteiger partial charge in [-0.25, -0.2) is 0 Å². The normalized spacial score (nSPS) is 14.2. The van der Waals surface area contributed by atoms with Gasteiger partial charge in [-0.05, 0) is 13.8 Å². The van der Waals surface area contributed by atoms with Crippen LogP contribution in [-0.4, -0.2) is 11.4 Å². The highest BCUT2D eigenvalue weighted by molar-refractivity contribution is 6.40. The molecule has 0 atom stereocenters. The molecule has 0 saturated heterocycles. The number of hydrogen-bond donors (Lipinski definition) is 2. The first-order valence-corrected chi connectivity index (χ1v) is 2.21. The van der Waals surface area contributed by atoms with Crippen LogP contribution in [0.5, 0.6) is 0 Å². The SMILES string of the molecule is CC(=NN)/C(C)=N/N. The maximum absolute atomic E-state index is 4.90. The minimum absolute atomic E-state index is 0.660. The van der Waals surface area contributed by atoms with Crippen molar-refractivity contribution in [2.24, 2.45) is 21.9 Å². The maximum Gasteiger partial charge on any atom is 0.0798 e. The lowest BCUT2D eigenvalue weighted by Crippen LogP contribution is -2.09. The second-order valence-corrected chi connectivity index (χ2v) is 1.43. The van der Waals surface area contributed by atoms with E-state index in [2.05, 4.69) is 10.2 Å². The van der Waals surface area contributed by atoms with Gasteiger partial charge in [0.05, 0.1) is 11.4 Å². The standard InChI is InChI=1S/C4H10N4/c1-3(7-5)4(2)8-6/h5-6H2,1-2H3/b7-3+,8-4?. The van der Waals surface area contributed by atoms with E-state index in [-0.39, 0.29) is 0 Å². The third-order valence-corrected chi connectivity index (χ3v) is 0.911. The van der Waals surface area contributed by atoms with Crippen LogP contribution >= 0.6 is 0 Å². The third kappa shape index (κ3) is 1.59. The van der Waals surface area contributed by atoms with Gasteiger partial charge in [0.1, 0.15) is 0 Å². The van der Waals surface area contributed by atoms with Crippen LogP contribution in [0.3, 0.4) is 0 Å². The Kier molecular flexibility index (Phi) is 2.61. The molecule has 0 fully saturated rings. The van der Waals surface area contributed by atoms with Crippen LogP contribution in [0.15, 0.2) is 10.2 Å². The smallest absolute Gasteiger partial charge is 0.0798 e. The van der Waals surface area contributed by atoms with Crippen molar-refractivity contribution in [1.29, 1.82) is 0 Å². The summed E-state index contributed by atoms with van der Waals surface area (Å²) in [5.41, 5.74) is 1.32. The Hall–Kier alpha value is -1.06. The molecule has 0 aliphatic heterocycles. The van der Waals surface area contributed by atoms with E-state index in [4.69, 9.17) is 11.7 Å². The Morgan fingerprint density at radius 1 is 1.00 bits per heavy atom. The molecule has 46 valence electrons. The van der Waals surface area contributed by atoms with E-state index in [1.165, 1.54) is 0 Å². The van der Waals surface area contributed by atoms with E-state index in [0.717, 1.165) is 0 Å². The van der Waals surface area contributed by atoms with Gasteiger partial charge < -0.3 is 11.7 Å². The van der Waals surface area contributed by atoms with Crippen LogP contribution in [-0.2, 0) is 0 Å². The molecule has 0 saturated carbocycles. The van der Waals surface area contributed by atoms with E-state index >= 15 is 0 Å². The Labute approximate surface area is 48.2 Å². The summed E-state index contributed by atoms with van der Waals surface area (Å²) in [7, 11) is 0. The molecule has 0 bridgehead atoms. The summed E-state index contributed by atoms with van der Waals surface area (Å²) in [6.07, 6.45) is 0. The highest BCUT2D eigenvalue weighted by Crippen LogP contribution is 1.76. The zero-order valence-electron chi connectivity index (χ0n) is 5.05. The lowest BCUT2D eigenvalue weighted by atomic mass is 10.3. The first-order chi connectivity index (χ1) is 3.72. The van der Waals surface area contributed by atoms with E-state index in [1.54, 1.807) is 13.8 Å². The Bertz CT molecular complexity index is 108. The van der Waals surface area contributed by atoms with Crippen molar-refractivity contribution in [3.8, 4) is 0 Å². The fraction of sp³-hybridized carbons (Fsp3) is 0.500. The van der Waals surface area contributed by atoms with Crippen LogP contribution in [0, 0.1) is 0 Å². The topological polar surface area (TPSA) is 76.8 Å². The summed E-state index contributed by atoms with van der Waals surface area (Å²) in [4.78, 5) is 0. The van der Waals surface area contributed by atoms with Crippen molar-refractivity contribution < 1.29 is 0 Å². The molecule has 0 spiro atoms. The Balaban J connectivity index is 4.04. The summed E-state index contributed by atoms with van der Waals surface area (Å²) in [6, 6.07) is 0. The fourth-order valence-electron chi connectivity index (χ4n) is 0.187. The van der Waals surface area contributed by atoms with Crippen LogP contribution in [0.1, 0.15) is 13.8 Å². The van der Waals surface area contributed by atoms with E-state index in [0.29, 0.717) is 11.4 Å². The fourth-order valence-corrected chi connectivity index (χ4v) is 0.187. The summed E-state index contributed by atoms with van der Waals surface area (Å²) >= 11 is 0. The molecule has 0 unspecified atom stereocenters. The molecular weight excluding hydrogens is 104 g/mol. The summed E-state index contributed by atoms with van der Waals surface area (Å²) in [6.45, 7) is 3.48. The van der Waals surface area contributed by atoms with Crippen molar-refractivity contribution in [2.75, 3.05) is 0 Å². The largest absolute Gasteiger partial charge is 0.323 e. The van der Waals surface area contributed by atoms with Gasteiger partial charge in [0.15, 0.2) is 0 Å². The van der Waals surface area contributed by atoms with Gasteiger partial charge >= 0.3 is 0 Å². The molecule has 4 nitrogen and oxygen atoms in total. The van der Waals surface area contributed by atoms with Gasteiger partial charge in [-0.3, -0.25) is 0 Å². The molecule has 0 aromatic rings. The predicted octanol–water partition coefficient (Wildman–Crippen LogP) is -0.344. The molecule has 4 N–H and O–H groups in total. The monoisotopic (exact) mass is 114 g/mol. The van der Waals surface area contributed by atoms with Crippen molar-refractivity contribution in [3.63, 3.8) is 0 Å². The Morgan fingerprint density at radius 2 is 1.25 bits per heavy atom. The highest BCUT2D eigenvalue weighted by atomic mass is 15.2. The van der Waals surface area contributed by atoms with Crippen molar-refractivity contribution in [1.82, 2.24) is 0 Å². The predicted molar refractivity (Wildman–Crippen MR) is 34.6 cm³/mol. The molecular formula is C4H10N4. The molecule has 4 heteroatoms. The number of hydrogen-bond acceptors (Lipinski definition) is 4. The third-order valence-electron chi connectivity index (χ3n) is 0.911. The number of nitrogens with zero attached hydrogens (tertiary/aromatic N) is 2. The summed E-state index contributed by atoms with van der Waals surface area (Å²) in [5, 5.41) is 6.73. The number of rotatable bonds is 1. The first kappa shape index (κ1) is 6.94. The maximum atomic E-state index is 4.90. The lowest BCUT2D eigenvalue weighted by Gasteiger charge is -1.91. The molecule has 0 aliphatic carbocycles. The molecule has 0 amide bonds. The quantitative estimate of drug-likeness (QED) is 0.278. The second kappa shape index (κ2) is 3.01. The van der Waals surface area contributed by atoms with Gasteiger partial charge in [-0.2, -0.15) is 10.2 Å². The molecule has 8 heavy (non-hydrogen) atoms. The van der Waals surface area contributed by atoms with Crippen LogP contribution < -0.4 is 11.7 Å². The van der Waals surface area contributed by atoms with Gasteiger partial charge in [0, 0.05) is 0 Å². The minimum atomic E-state index is 0.660. The minimum Gasteiger partial charge on any atom is -0.323 e. The summed E-state index contributed by atoms with van der Waals surface area (Å²) in [5.74, 6) is 9.80. The number of hydrazone groups is 2. The van der Waals surface area contributed by atoms with Crippen LogP contribution in [0.25, 0.3) is 0 Å². The molecule has 0 rings (SSSR count). The van der Waals surface area contributed by atoms with Crippen molar-refractivity contribution in [2.45, 2.75) is 13.8 Å². The van der Waals surface area contributed by atoms with Gasteiger partial charge in [-0.1, -0.05) is 0 Å². The van der Waals surface area contributed by atoms with Gasteiger partial charge in [-0.15, -0.1) is 0 Å². The second-order valence-electron chi connectivity index (χ2n) is 1.43. The zero-order valence-corrected chi connectivity index (χ0v) is 5.05. The summed E-state index contributed by atoms with van der Waals surface area (Å²) < 4.78 is 0. The zero-order chi connectivity index (χ0) is 6.57. The number of nitrogens with two attached hydrogens (primary N) is 2. The van der Waals surface area contributed by atoms with E-state index in [9.17, 15) is 0 Å². The molecule has 0 radical (unpaired) electrons. The lowest BCUT2D eigenvalue weighted by molar-refractivity contribution is 1.22. The van der Waals surface area contributed by atoms with E-state index < -0.39 is 0 Å². The first-order valence-electron chi connectivity index (χ1n) is 2.21. The average Bonchev–Trinajstić information content (AvgIpc) is 1.84. The van der Waals surface area contributed by atoms with Gasteiger partial charge in [0.25, 0.3) is 0 Å².